The van der Waals surface area contributed by atoms with Crippen LogP contribution in [0.1, 0.15) is 12.2 Å². The highest BCUT2D eigenvalue weighted by Crippen LogP contribution is 2.19. The van der Waals surface area contributed by atoms with E-state index in [1.54, 1.807) is 0 Å². The largest absolute Gasteiger partial charge is 0.370 e. The number of benzene rings is 1. The number of rotatable bonds is 5. The molecule has 7 nitrogen and oxygen atoms in total. The molecular weight excluding hydrogens is 501 g/mol. The van der Waals surface area contributed by atoms with Crippen LogP contribution in [-0.4, -0.2) is 58.2 Å². The second-order valence-electron chi connectivity index (χ2n) is 6.84. The number of pyridine rings is 1. The van der Waals surface area contributed by atoms with Gasteiger partial charge in [-0.25, -0.2) is 0 Å². The molecule has 1 aliphatic heterocycles. The zero-order valence-corrected chi connectivity index (χ0v) is 19.2. The molecule has 0 unspecified atom stereocenters. The molecule has 29 heavy (non-hydrogen) atoms. The second kappa shape index (κ2) is 10.1. The number of aryl methyl sites for hydroxylation is 1. The maximum atomic E-state index is 6.21. The molecule has 0 bridgehead atoms. The Balaban J connectivity index is 0.00000240. The predicted octanol–water partition coefficient (Wildman–Crippen LogP) is 3.07. The molecule has 1 fully saturated rings. The van der Waals surface area contributed by atoms with E-state index in [9.17, 15) is 0 Å². The zero-order valence-electron chi connectivity index (χ0n) is 16.1. The van der Waals surface area contributed by atoms with Crippen molar-refractivity contribution >= 4 is 52.9 Å². The number of fused-ring (bicyclic) bond motifs is 1. The van der Waals surface area contributed by atoms with Crippen LogP contribution in [0.15, 0.2) is 53.7 Å². The zero-order chi connectivity index (χ0) is 19.3. The Labute approximate surface area is 192 Å². The van der Waals surface area contributed by atoms with E-state index in [-0.39, 0.29) is 24.0 Å². The summed E-state index contributed by atoms with van der Waals surface area (Å²) in [5.74, 6) is 1.59. The summed E-state index contributed by atoms with van der Waals surface area (Å²) in [4.78, 5) is 9.06. The topological polar surface area (TPSA) is 75.0 Å². The number of nitrogens with two attached hydrogens (primary N) is 1. The minimum Gasteiger partial charge on any atom is -0.370 e. The Hall–Kier alpha value is -2.07. The number of guanidine groups is 1. The summed E-state index contributed by atoms with van der Waals surface area (Å²) < 4.78 is 2.02. The average molecular weight is 526 g/mol. The second-order valence-corrected chi connectivity index (χ2v) is 7.28. The average Bonchev–Trinajstić information content (AvgIpc) is 3.15. The molecule has 3 heterocycles. The summed E-state index contributed by atoms with van der Waals surface area (Å²) in [6.07, 6.45) is 3.70. The van der Waals surface area contributed by atoms with E-state index in [1.165, 1.54) is 5.69 Å². The molecule has 0 radical (unpaired) electrons. The number of hydrogen-bond donors (Lipinski definition) is 1. The smallest absolute Gasteiger partial charge is 0.191 e. The van der Waals surface area contributed by atoms with Gasteiger partial charge in [0, 0.05) is 56.1 Å². The molecule has 0 aliphatic carbocycles. The van der Waals surface area contributed by atoms with Crippen molar-refractivity contribution in [1.82, 2.24) is 19.5 Å². The lowest BCUT2D eigenvalue weighted by Crippen LogP contribution is -2.51. The van der Waals surface area contributed by atoms with Gasteiger partial charge in [-0.1, -0.05) is 17.7 Å². The van der Waals surface area contributed by atoms with Gasteiger partial charge in [0.15, 0.2) is 11.6 Å². The quantitative estimate of drug-likeness (QED) is 0.240. The van der Waals surface area contributed by atoms with Crippen LogP contribution in [0.3, 0.4) is 0 Å². The van der Waals surface area contributed by atoms with Crippen LogP contribution in [0.2, 0.25) is 5.02 Å². The summed E-state index contributed by atoms with van der Waals surface area (Å²) in [5.41, 5.74) is 8.28. The molecule has 2 N–H and O–H groups in total. The van der Waals surface area contributed by atoms with Gasteiger partial charge in [0.2, 0.25) is 0 Å². The van der Waals surface area contributed by atoms with Crippen LogP contribution in [0.4, 0.5) is 5.69 Å². The van der Waals surface area contributed by atoms with Crippen LogP contribution >= 0.6 is 35.6 Å². The predicted molar refractivity (Wildman–Crippen MR) is 128 cm³/mol. The first kappa shape index (κ1) is 21.6. The summed E-state index contributed by atoms with van der Waals surface area (Å²) in [5, 5.41) is 9.19. The number of anilines is 1. The number of aliphatic imine (C=N–C) groups is 1. The highest BCUT2D eigenvalue weighted by Gasteiger charge is 2.18. The minimum absolute atomic E-state index is 0. The monoisotopic (exact) mass is 525 g/mol. The third kappa shape index (κ3) is 5.30. The van der Waals surface area contributed by atoms with Gasteiger partial charge in [0.25, 0.3) is 0 Å². The molecule has 1 aliphatic rings. The Bertz CT molecular complexity index is 949. The van der Waals surface area contributed by atoms with Crippen molar-refractivity contribution in [2.24, 2.45) is 10.7 Å². The maximum absolute atomic E-state index is 6.21. The lowest BCUT2D eigenvalue weighted by atomic mass is 10.2. The van der Waals surface area contributed by atoms with Crippen molar-refractivity contribution in [3.8, 4) is 0 Å². The van der Waals surface area contributed by atoms with Gasteiger partial charge in [-0.2, -0.15) is 0 Å². The SMILES string of the molecule is I.NC(=NCCCc1nnc2ccccn12)N1CCN(c2ccc(Cl)cc2)CC1. The molecule has 0 spiro atoms. The third-order valence-electron chi connectivity index (χ3n) is 5.01. The number of hydrogen-bond acceptors (Lipinski definition) is 4. The van der Waals surface area contributed by atoms with Crippen LogP contribution in [0, 0.1) is 0 Å². The first-order valence-electron chi connectivity index (χ1n) is 9.55. The van der Waals surface area contributed by atoms with E-state index in [0.717, 1.165) is 55.5 Å². The van der Waals surface area contributed by atoms with Crippen molar-refractivity contribution in [3.63, 3.8) is 0 Å². The maximum Gasteiger partial charge on any atom is 0.191 e. The van der Waals surface area contributed by atoms with Crippen molar-refractivity contribution in [3.05, 3.63) is 59.5 Å². The van der Waals surface area contributed by atoms with Gasteiger partial charge in [-0.15, -0.1) is 34.2 Å². The van der Waals surface area contributed by atoms with E-state index in [4.69, 9.17) is 17.3 Å². The Morgan fingerprint density at radius 3 is 2.55 bits per heavy atom. The van der Waals surface area contributed by atoms with Crippen LogP contribution in [0.5, 0.6) is 0 Å². The van der Waals surface area contributed by atoms with Gasteiger partial charge in [-0.05, 0) is 42.8 Å². The summed E-state index contributed by atoms with van der Waals surface area (Å²) in [7, 11) is 0. The number of nitrogens with zero attached hydrogens (tertiary/aromatic N) is 6. The fraction of sp³-hybridized carbons (Fsp3) is 0.350. The lowest BCUT2D eigenvalue weighted by Gasteiger charge is -2.36. The minimum atomic E-state index is 0. The summed E-state index contributed by atoms with van der Waals surface area (Å²) in [6, 6.07) is 13.9. The molecule has 2 aromatic heterocycles. The fourth-order valence-corrected chi connectivity index (χ4v) is 3.56. The fourth-order valence-electron chi connectivity index (χ4n) is 3.44. The van der Waals surface area contributed by atoms with Gasteiger partial charge < -0.3 is 15.5 Å². The number of aromatic nitrogens is 3. The molecule has 0 atom stereocenters. The molecule has 154 valence electrons. The van der Waals surface area contributed by atoms with Gasteiger partial charge >= 0.3 is 0 Å². The van der Waals surface area contributed by atoms with E-state index in [1.807, 2.05) is 40.9 Å². The summed E-state index contributed by atoms with van der Waals surface area (Å²) >= 11 is 5.97. The molecule has 1 aromatic carbocycles. The Morgan fingerprint density at radius 1 is 1.03 bits per heavy atom. The van der Waals surface area contributed by atoms with Crippen LogP contribution in [0.25, 0.3) is 5.65 Å². The van der Waals surface area contributed by atoms with Gasteiger partial charge in [-0.3, -0.25) is 9.39 Å². The molecule has 3 aromatic rings. The number of halogens is 2. The Morgan fingerprint density at radius 2 is 1.79 bits per heavy atom. The van der Waals surface area contributed by atoms with Crippen molar-refractivity contribution in [2.45, 2.75) is 12.8 Å². The first-order chi connectivity index (χ1) is 13.7. The molecule has 4 rings (SSSR count). The third-order valence-corrected chi connectivity index (χ3v) is 5.26. The molecule has 0 saturated carbocycles. The van der Waals surface area contributed by atoms with Crippen molar-refractivity contribution in [1.29, 1.82) is 0 Å². The van der Waals surface area contributed by atoms with Crippen molar-refractivity contribution < 1.29 is 0 Å². The van der Waals surface area contributed by atoms with Crippen molar-refractivity contribution in [2.75, 3.05) is 37.6 Å². The standard InChI is InChI=1S/C20H24ClN7.HI/c21-16-6-8-17(9-7-16)26-12-14-27(15-13-26)20(22)23-10-3-5-19-25-24-18-4-1-2-11-28(18)19;/h1-2,4,6-9,11H,3,5,10,12-15H2,(H2,22,23);1H. The van der Waals surface area contributed by atoms with Gasteiger partial charge in [0.05, 0.1) is 0 Å². The van der Waals surface area contributed by atoms with E-state index >= 15 is 0 Å². The lowest BCUT2D eigenvalue weighted by molar-refractivity contribution is 0.380. The van der Waals surface area contributed by atoms with E-state index in [2.05, 4.69) is 37.1 Å². The number of piperazine rings is 1. The summed E-state index contributed by atoms with van der Waals surface area (Å²) in [6.45, 7) is 4.26. The molecule has 1 saturated heterocycles. The highest BCUT2D eigenvalue weighted by atomic mass is 127. The van der Waals surface area contributed by atoms with E-state index in [0.29, 0.717) is 12.5 Å². The molecule has 9 heteroatoms. The molecule has 0 amide bonds. The molecular formula is C20H25ClIN7. The van der Waals surface area contributed by atoms with E-state index < -0.39 is 0 Å². The van der Waals surface area contributed by atoms with Gasteiger partial charge in [0.1, 0.15) is 5.82 Å². The Kier molecular flexibility index (Phi) is 7.54. The van der Waals surface area contributed by atoms with Crippen LogP contribution < -0.4 is 10.6 Å². The first-order valence-corrected chi connectivity index (χ1v) is 9.92. The normalized spacial score (nSPS) is 14.9. The van der Waals surface area contributed by atoms with Crippen LogP contribution in [-0.2, 0) is 6.42 Å². The highest BCUT2D eigenvalue weighted by molar-refractivity contribution is 14.0.